The minimum atomic E-state index is 0.177. The molecule has 0 amide bonds. The van der Waals surface area contributed by atoms with Crippen LogP contribution >= 0.6 is 11.6 Å². The first-order valence-electron chi connectivity index (χ1n) is 6.14. The van der Waals surface area contributed by atoms with Gasteiger partial charge in [-0.1, -0.05) is 20.8 Å². The number of hydrogen-bond donors (Lipinski definition) is 0. The van der Waals surface area contributed by atoms with Gasteiger partial charge in [-0.3, -0.25) is 4.68 Å². The molecule has 92 valence electrons. The monoisotopic (exact) mass is 242 g/mol. The van der Waals surface area contributed by atoms with Crippen LogP contribution < -0.4 is 0 Å². The van der Waals surface area contributed by atoms with Crippen molar-refractivity contribution >= 4 is 11.6 Å². The van der Waals surface area contributed by atoms with Crippen molar-refractivity contribution in [1.82, 2.24) is 9.78 Å². The molecule has 0 aliphatic carbocycles. The summed E-state index contributed by atoms with van der Waals surface area (Å²) < 4.78 is 2.06. The Morgan fingerprint density at radius 1 is 1.50 bits per heavy atom. The van der Waals surface area contributed by atoms with Crippen LogP contribution in [-0.2, 0) is 6.42 Å². The number of rotatable bonds is 6. The lowest BCUT2D eigenvalue weighted by Gasteiger charge is -2.24. The Balaban J connectivity index is 2.71. The van der Waals surface area contributed by atoms with Crippen LogP contribution in [0.2, 0.25) is 0 Å². The molecule has 1 heterocycles. The Bertz CT molecular complexity index is 315. The molecule has 0 aromatic carbocycles. The normalized spacial score (nSPS) is 17.1. The van der Waals surface area contributed by atoms with Crippen LogP contribution in [-0.4, -0.2) is 15.7 Å². The summed E-state index contributed by atoms with van der Waals surface area (Å²) in [6, 6.07) is 2.60. The van der Waals surface area contributed by atoms with Crippen molar-refractivity contribution in [2.75, 3.05) is 5.88 Å². The fourth-order valence-electron chi connectivity index (χ4n) is 1.61. The van der Waals surface area contributed by atoms with E-state index >= 15 is 0 Å². The Morgan fingerprint density at radius 3 is 2.69 bits per heavy atom. The van der Waals surface area contributed by atoms with E-state index in [2.05, 4.69) is 49.7 Å². The molecule has 1 aromatic heterocycles. The predicted octanol–water partition coefficient (Wildman–Crippen LogP) is 4.05. The smallest absolute Gasteiger partial charge is 0.0630 e. The third-order valence-corrected chi connectivity index (χ3v) is 4.14. The van der Waals surface area contributed by atoms with Crippen LogP contribution in [0.4, 0.5) is 0 Å². The van der Waals surface area contributed by atoms with E-state index in [1.54, 1.807) is 0 Å². The van der Waals surface area contributed by atoms with Gasteiger partial charge in [0.25, 0.3) is 0 Å². The number of nitrogens with zero attached hydrogens (tertiary/aromatic N) is 2. The molecule has 0 radical (unpaired) electrons. The fourth-order valence-corrected chi connectivity index (χ4v) is 1.89. The van der Waals surface area contributed by atoms with Gasteiger partial charge in [0.15, 0.2) is 0 Å². The highest BCUT2D eigenvalue weighted by atomic mass is 35.5. The summed E-state index contributed by atoms with van der Waals surface area (Å²) in [7, 11) is 0. The molecule has 2 unspecified atom stereocenters. The molecule has 0 aliphatic heterocycles. The standard InChI is InChI=1S/C13H23ClN2/c1-5-11(3)16-8-7-12(15-16)9-13(4,6-2)10-14/h7-8,11H,5-6,9-10H2,1-4H3. The van der Waals surface area contributed by atoms with E-state index < -0.39 is 0 Å². The van der Waals surface area contributed by atoms with Gasteiger partial charge in [-0.15, -0.1) is 11.6 Å². The molecule has 1 aromatic rings. The van der Waals surface area contributed by atoms with Gasteiger partial charge in [-0.2, -0.15) is 5.10 Å². The molecule has 0 bridgehead atoms. The van der Waals surface area contributed by atoms with Crippen molar-refractivity contribution in [2.45, 2.75) is 53.0 Å². The van der Waals surface area contributed by atoms with Crippen LogP contribution in [0.25, 0.3) is 0 Å². The van der Waals surface area contributed by atoms with E-state index in [-0.39, 0.29) is 5.41 Å². The van der Waals surface area contributed by atoms with Crippen LogP contribution in [0.3, 0.4) is 0 Å². The van der Waals surface area contributed by atoms with Crippen molar-refractivity contribution in [3.63, 3.8) is 0 Å². The van der Waals surface area contributed by atoms with Crippen molar-refractivity contribution in [3.8, 4) is 0 Å². The van der Waals surface area contributed by atoms with Gasteiger partial charge in [-0.05, 0) is 37.7 Å². The summed E-state index contributed by atoms with van der Waals surface area (Å²) in [4.78, 5) is 0. The molecular formula is C13H23ClN2. The largest absolute Gasteiger partial charge is 0.270 e. The van der Waals surface area contributed by atoms with Gasteiger partial charge in [-0.25, -0.2) is 0 Å². The highest BCUT2D eigenvalue weighted by molar-refractivity contribution is 6.18. The summed E-state index contributed by atoms with van der Waals surface area (Å²) in [5.74, 6) is 0.694. The topological polar surface area (TPSA) is 17.8 Å². The molecule has 0 N–H and O–H groups in total. The van der Waals surface area contributed by atoms with Crippen molar-refractivity contribution < 1.29 is 0 Å². The first kappa shape index (κ1) is 13.6. The highest BCUT2D eigenvalue weighted by Gasteiger charge is 2.22. The van der Waals surface area contributed by atoms with Gasteiger partial charge in [0, 0.05) is 18.1 Å². The van der Waals surface area contributed by atoms with Crippen LogP contribution in [0.1, 0.15) is 52.3 Å². The van der Waals surface area contributed by atoms with Crippen LogP contribution in [0, 0.1) is 5.41 Å². The highest BCUT2D eigenvalue weighted by Crippen LogP contribution is 2.27. The second-order valence-corrected chi connectivity index (χ2v) is 5.29. The van der Waals surface area contributed by atoms with E-state index in [1.165, 1.54) is 0 Å². The van der Waals surface area contributed by atoms with Gasteiger partial charge in [0.05, 0.1) is 5.69 Å². The minimum absolute atomic E-state index is 0.177. The average molecular weight is 243 g/mol. The third kappa shape index (κ3) is 3.24. The first-order chi connectivity index (χ1) is 7.54. The SMILES string of the molecule is CCC(C)n1ccc(CC(C)(CC)CCl)n1. The van der Waals surface area contributed by atoms with E-state index in [1.807, 2.05) is 0 Å². The van der Waals surface area contributed by atoms with E-state index in [4.69, 9.17) is 11.6 Å². The molecule has 0 saturated carbocycles. The summed E-state index contributed by atoms with van der Waals surface area (Å²) in [5.41, 5.74) is 1.33. The number of hydrogen-bond acceptors (Lipinski definition) is 1. The summed E-state index contributed by atoms with van der Waals surface area (Å²) in [6.07, 6.45) is 5.25. The molecule has 0 fully saturated rings. The van der Waals surface area contributed by atoms with E-state index in [9.17, 15) is 0 Å². The summed E-state index contributed by atoms with van der Waals surface area (Å²) >= 11 is 6.02. The third-order valence-electron chi connectivity index (χ3n) is 3.49. The maximum absolute atomic E-state index is 6.02. The molecular weight excluding hydrogens is 220 g/mol. The lowest BCUT2D eigenvalue weighted by Crippen LogP contribution is -2.21. The number of aromatic nitrogens is 2. The molecule has 1 rings (SSSR count). The molecule has 16 heavy (non-hydrogen) atoms. The summed E-state index contributed by atoms with van der Waals surface area (Å²) in [5, 5.41) is 4.62. The first-order valence-corrected chi connectivity index (χ1v) is 6.68. The van der Waals surface area contributed by atoms with E-state index in [0.29, 0.717) is 11.9 Å². The zero-order valence-electron chi connectivity index (χ0n) is 10.8. The van der Waals surface area contributed by atoms with E-state index in [0.717, 1.165) is 25.0 Å². The van der Waals surface area contributed by atoms with Gasteiger partial charge in [0.2, 0.25) is 0 Å². The molecule has 0 spiro atoms. The minimum Gasteiger partial charge on any atom is -0.270 e. The predicted molar refractivity (Wildman–Crippen MR) is 70.1 cm³/mol. The number of alkyl halides is 1. The second-order valence-electron chi connectivity index (χ2n) is 5.02. The quantitative estimate of drug-likeness (QED) is 0.688. The number of halogens is 1. The zero-order valence-corrected chi connectivity index (χ0v) is 11.6. The maximum Gasteiger partial charge on any atom is 0.0630 e. The maximum atomic E-state index is 6.02. The fraction of sp³-hybridized carbons (Fsp3) is 0.769. The lowest BCUT2D eigenvalue weighted by molar-refractivity contribution is 0.348. The molecule has 0 aliphatic rings. The molecule has 2 nitrogen and oxygen atoms in total. The Kier molecular flexibility index (Phi) is 4.85. The van der Waals surface area contributed by atoms with Gasteiger partial charge < -0.3 is 0 Å². The Morgan fingerprint density at radius 2 is 2.19 bits per heavy atom. The van der Waals surface area contributed by atoms with Gasteiger partial charge in [0.1, 0.15) is 0 Å². The Labute approximate surface area is 104 Å². The zero-order chi connectivity index (χ0) is 12.2. The van der Waals surface area contributed by atoms with Crippen LogP contribution in [0.5, 0.6) is 0 Å². The molecule has 3 heteroatoms. The van der Waals surface area contributed by atoms with Crippen molar-refractivity contribution in [2.24, 2.45) is 5.41 Å². The molecule has 2 atom stereocenters. The van der Waals surface area contributed by atoms with Gasteiger partial charge >= 0.3 is 0 Å². The lowest BCUT2D eigenvalue weighted by atomic mass is 9.85. The van der Waals surface area contributed by atoms with Crippen molar-refractivity contribution in [1.29, 1.82) is 0 Å². The second kappa shape index (κ2) is 5.72. The van der Waals surface area contributed by atoms with Crippen LogP contribution in [0.15, 0.2) is 12.3 Å². The summed E-state index contributed by atoms with van der Waals surface area (Å²) in [6.45, 7) is 8.79. The Hall–Kier alpha value is -0.500. The van der Waals surface area contributed by atoms with Crippen molar-refractivity contribution in [3.05, 3.63) is 18.0 Å². The molecule has 0 saturated heterocycles. The average Bonchev–Trinajstić information content (AvgIpc) is 2.76.